The topological polar surface area (TPSA) is 43.1 Å². The van der Waals surface area contributed by atoms with E-state index in [1.54, 1.807) is 0 Å². The van der Waals surface area contributed by atoms with Crippen molar-refractivity contribution in [2.75, 3.05) is 6.54 Å². The first-order valence-electron chi connectivity index (χ1n) is 3.07. The van der Waals surface area contributed by atoms with E-state index in [2.05, 4.69) is 0 Å². The van der Waals surface area contributed by atoms with Gasteiger partial charge in [0.2, 0.25) is 0 Å². The van der Waals surface area contributed by atoms with E-state index in [4.69, 9.17) is 5.73 Å². The number of halogens is 3. The SMILES string of the molecule is CC(CCN)S(=O)C(F)(F)F. The van der Waals surface area contributed by atoms with Crippen molar-refractivity contribution in [1.82, 2.24) is 0 Å². The van der Waals surface area contributed by atoms with Gasteiger partial charge in [0.05, 0.1) is 0 Å². The minimum atomic E-state index is -4.60. The van der Waals surface area contributed by atoms with Crippen molar-refractivity contribution in [1.29, 1.82) is 0 Å². The lowest BCUT2D eigenvalue weighted by Gasteiger charge is -2.11. The molecule has 2 atom stereocenters. The lowest BCUT2D eigenvalue weighted by atomic mass is 10.3. The van der Waals surface area contributed by atoms with E-state index in [9.17, 15) is 17.4 Å². The molecule has 2 unspecified atom stereocenters. The third-order valence-electron chi connectivity index (χ3n) is 1.17. The summed E-state index contributed by atoms with van der Waals surface area (Å²) in [5.41, 5.74) is 0.406. The van der Waals surface area contributed by atoms with Crippen LogP contribution in [0.1, 0.15) is 13.3 Å². The standard InChI is InChI=1S/C5H10F3NOS/c1-4(2-3-9)11(10)5(6,7)8/h4H,2-3,9H2,1H3. The highest BCUT2D eigenvalue weighted by molar-refractivity contribution is 7.86. The first-order chi connectivity index (χ1) is 4.89. The Balaban J connectivity index is 4.03. The molecule has 0 rings (SSSR count). The molecule has 0 saturated carbocycles. The van der Waals surface area contributed by atoms with Crippen molar-refractivity contribution in [3.63, 3.8) is 0 Å². The molecule has 0 bridgehead atoms. The van der Waals surface area contributed by atoms with Crippen LogP contribution < -0.4 is 5.73 Å². The van der Waals surface area contributed by atoms with Crippen molar-refractivity contribution < 1.29 is 17.4 Å². The van der Waals surface area contributed by atoms with Crippen molar-refractivity contribution >= 4 is 10.8 Å². The average Bonchev–Trinajstić information content (AvgIpc) is 1.85. The maximum atomic E-state index is 11.7. The molecule has 0 fully saturated rings. The molecule has 0 radical (unpaired) electrons. The third kappa shape index (κ3) is 3.71. The van der Waals surface area contributed by atoms with Crippen LogP contribution in [0.25, 0.3) is 0 Å². The molecule has 0 aliphatic rings. The molecule has 0 heterocycles. The number of nitrogens with two attached hydrogens (primary N) is 1. The fraction of sp³-hybridized carbons (Fsp3) is 1.00. The molecule has 11 heavy (non-hydrogen) atoms. The maximum Gasteiger partial charge on any atom is 0.471 e. The summed E-state index contributed by atoms with van der Waals surface area (Å²) in [5, 5.41) is -0.903. The van der Waals surface area contributed by atoms with E-state index >= 15 is 0 Å². The van der Waals surface area contributed by atoms with Crippen LogP contribution >= 0.6 is 0 Å². The van der Waals surface area contributed by atoms with Gasteiger partial charge in [-0.25, -0.2) is 0 Å². The number of rotatable bonds is 3. The molecule has 0 amide bonds. The summed E-state index contributed by atoms with van der Waals surface area (Å²) in [7, 11) is -2.76. The highest BCUT2D eigenvalue weighted by Gasteiger charge is 2.39. The van der Waals surface area contributed by atoms with Gasteiger partial charge in [-0.1, -0.05) is 6.92 Å². The van der Waals surface area contributed by atoms with E-state index < -0.39 is 21.6 Å². The summed E-state index contributed by atoms with van der Waals surface area (Å²) in [6.07, 6.45) is 0.131. The molecule has 0 aliphatic heterocycles. The molecule has 68 valence electrons. The van der Waals surface area contributed by atoms with Crippen LogP contribution in [-0.2, 0) is 10.8 Å². The zero-order chi connectivity index (χ0) is 9.07. The van der Waals surface area contributed by atoms with Crippen LogP contribution in [0.2, 0.25) is 0 Å². The van der Waals surface area contributed by atoms with E-state index in [1.807, 2.05) is 0 Å². The van der Waals surface area contributed by atoms with Crippen molar-refractivity contribution in [3.8, 4) is 0 Å². The third-order valence-corrected chi connectivity index (χ3v) is 2.59. The first-order valence-corrected chi connectivity index (χ1v) is 4.28. The van der Waals surface area contributed by atoms with Crippen LogP contribution in [0.3, 0.4) is 0 Å². The Hall–Kier alpha value is -0.100. The second-order valence-electron chi connectivity index (χ2n) is 2.13. The fourth-order valence-electron chi connectivity index (χ4n) is 0.570. The quantitative estimate of drug-likeness (QED) is 0.719. The highest BCUT2D eigenvalue weighted by Crippen LogP contribution is 2.23. The summed E-state index contributed by atoms with van der Waals surface area (Å²) in [4.78, 5) is 0. The predicted molar refractivity (Wildman–Crippen MR) is 37.3 cm³/mol. The molecule has 0 spiro atoms. The molecule has 2 nitrogen and oxygen atoms in total. The molecule has 0 aromatic heterocycles. The minimum Gasteiger partial charge on any atom is -0.330 e. The summed E-state index contributed by atoms with van der Waals surface area (Å²) in [6.45, 7) is 1.40. The normalized spacial score (nSPS) is 17.9. The van der Waals surface area contributed by atoms with Crippen LogP contribution in [0.4, 0.5) is 13.2 Å². The van der Waals surface area contributed by atoms with Gasteiger partial charge in [-0.2, -0.15) is 13.2 Å². The van der Waals surface area contributed by atoms with Gasteiger partial charge < -0.3 is 5.73 Å². The van der Waals surface area contributed by atoms with Crippen LogP contribution in [-0.4, -0.2) is 21.5 Å². The number of hydrogen-bond donors (Lipinski definition) is 1. The Morgan fingerprint density at radius 2 is 2.00 bits per heavy atom. The molecule has 6 heteroatoms. The molecule has 2 N–H and O–H groups in total. The second-order valence-corrected chi connectivity index (χ2v) is 3.99. The largest absolute Gasteiger partial charge is 0.471 e. The van der Waals surface area contributed by atoms with Gasteiger partial charge in [-0.15, -0.1) is 0 Å². The molecule has 0 aromatic carbocycles. The maximum absolute atomic E-state index is 11.7. The van der Waals surface area contributed by atoms with Crippen molar-refractivity contribution in [3.05, 3.63) is 0 Å². The Bertz CT molecular complexity index is 147. The fourth-order valence-corrected chi connectivity index (χ4v) is 1.38. The highest BCUT2D eigenvalue weighted by atomic mass is 32.2. The van der Waals surface area contributed by atoms with Gasteiger partial charge in [0.1, 0.15) is 10.8 Å². The predicted octanol–water partition coefficient (Wildman–Crippen LogP) is 0.992. The van der Waals surface area contributed by atoms with Crippen molar-refractivity contribution in [2.45, 2.75) is 24.1 Å². The van der Waals surface area contributed by atoms with Gasteiger partial charge >= 0.3 is 5.51 Å². The lowest BCUT2D eigenvalue weighted by molar-refractivity contribution is -0.0391. The number of hydrogen-bond acceptors (Lipinski definition) is 2. The molecule has 0 saturated heterocycles. The molecular weight excluding hydrogens is 179 g/mol. The van der Waals surface area contributed by atoms with Gasteiger partial charge in [0.25, 0.3) is 0 Å². The molecular formula is C5H10F3NOS. The Labute approximate surface area is 65.4 Å². The van der Waals surface area contributed by atoms with E-state index in [0.29, 0.717) is 0 Å². The smallest absolute Gasteiger partial charge is 0.330 e. The Kier molecular flexibility index (Phi) is 4.02. The minimum absolute atomic E-state index is 0.128. The van der Waals surface area contributed by atoms with E-state index in [-0.39, 0.29) is 13.0 Å². The summed E-state index contributed by atoms with van der Waals surface area (Å²) >= 11 is 0. The van der Waals surface area contributed by atoms with Gasteiger partial charge in [-0.05, 0) is 13.0 Å². The Morgan fingerprint density at radius 3 is 2.27 bits per heavy atom. The number of alkyl halides is 3. The van der Waals surface area contributed by atoms with Crippen LogP contribution in [0.5, 0.6) is 0 Å². The van der Waals surface area contributed by atoms with Crippen molar-refractivity contribution in [2.24, 2.45) is 5.73 Å². The van der Waals surface area contributed by atoms with E-state index in [1.165, 1.54) is 6.92 Å². The molecule has 0 aromatic rings. The van der Waals surface area contributed by atoms with Gasteiger partial charge in [0.15, 0.2) is 0 Å². The van der Waals surface area contributed by atoms with Crippen LogP contribution in [0.15, 0.2) is 0 Å². The summed E-state index contributed by atoms with van der Waals surface area (Å²) in [5.74, 6) is 0. The zero-order valence-corrected chi connectivity index (χ0v) is 6.84. The second kappa shape index (κ2) is 4.06. The van der Waals surface area contributed by atoms with E-state index in [0.717, 1.165) is 0 Å². The summed E-state index contributed by atoms with van der Waals surface area (Å²) < 4.78 is 45.5. The first kappa shape index (κ1) is 10.9. The van der Waals surface area contributed by atoms with Gasteiger partial charge in [0, 0.05) is 5.25 Å². The zero-order valence-electron chi connectivity index (χ0n) is 6.02. The van der Waals surface area contributed by atoms with Gasteiger partial charge in [-0.3, -0.25) is 4.21 Å². The molecule has 0 aliphatic carbocycles. The average molecular weight is 189 g/mol. The Morgan fingerprint density at radius 1 is 1.55 bits per heavy atom. The summed E-state index contributed by atoms with van der Waals surface area (Å²) in [6, 6.07) is 0. The lowest BCUT2D eigenvalue weighted by Crippen LogP contribution is -2.27. The monoisotopic (exact) mass is 189 g/mol. The van der Waals surface area contributed by atoms with Crippen LogP contribution in [0, 0.1) is 0 Å².